The number of amides is 1. The highest BCUT2D eigenvalue weighted by molar-refractivity contribution is 5.94. The summed E-state index contributed by atoms with van der Waals surface area (Å²) >= 11 is 0. The minimum Gasteiger partial charge on any atom is -0.337 e. The monoisotopic (exact) mass is 300 g/mol. The molecule has 0 radical (unpaired) electrons. The lowest BCUT2D eigenvalue weighted by atomic mass is 10.1. The molecule has 0 fully saturated rings. The normalized spacial score (nSPS) is 10.5. The molecule has 2 rings (SSSR count). The van der Waals surface area contributed by atoms with E-state index in [4.69, 9.17) is 5.73 Å². The molecule has 0 heterocycles. The van der Waals surface area contributed by atoms with E-state index in [1.807, 2.05) is 30.3 Å². The van der Waals surface area contributed by atoms with Gasteiger partial charge in [0.2, 0.25) is 0 Å². The first-order valence-corrected chi connectivity index (χ1v) is 7.40. The molecule has 3 nitrogen and oxygen atoms in total. The van der Waals surface area contributed by atoms with Crippen LogP contribution in [0.3, 0.4) is 0 Å². The van der Waals surface area contributed by atoms with Gasteiger partial charge in [-0.3, -0.25) is 4.79 Å². The SMILES string of the molecule is Cc1cc(F)cc(C(=O)N(CCN)CCc2ccccc2)c1. The lowest BCUT2D eigenvalue weighted by Gasteiger charge is -2.22. The van der Waals surface area contributed by atoms with Gasteiger partial charge in [-0.05, 0) is 42.7 Å². The first-order chi connectivity index (χ1) is 10.6. The van der Waals surface area contributed by atoms with Crippen molar-refractivity contribution in [2.24, 2.45) is 5.73 Å². The number of carbonyl (C=O) groups excluding carboxylic acids is 1. The molecule has 0 bridgehead atoms. The highest BCUT2D eigenvalue weighted by atomic mass is 19.1. The fourth-order valence-corrected chi connectivity index (χ4v) is 2.42. The summed E-state index contributed by atoms with van der Waals surface area (Å²) in [6, 6.07) is 14.4. The van der Waals surface area contributed by atoms with Crippen molar-refractivity contribution >= 4 is 5.91 Å². The molecule has 2 aromatic rings. The largest absolute Gasteiger partial charge is 0.337 e. The molecule has 2 N–H and O–H groups in total. The van der Waals surface area contributed by atoms with E-state index in [2.05, 4.69) is 0 Å². The van der Waals surface area contributed by atoms with Gasteiger partial charge in [0.15, 0.2) is 0 Å². The van der Waals surface area contributed by atoms with Gasteiger partial charge in [0.05, 0.1) is 0 Å². The summed E-state index contributed by atoms with van der Waals surface area (Å²) in [5.41, 5.74) is 7.88. The molecule has 0 aliphatic heterocycles. The number of hydrogen-bond donors (Lipinski definition) is 1. The molecule has 0 spiro atoms. The van der Waals surface area contributed by atoms with Crippen molar-refractivity contribution in [1.82, 2.24) is 4.90 Å². The number of halogens is 1. The number of nitrogens with two attached hydrogens (primary N) is 1. The van der Waals surface area contributed by atoms with Gasteiger partial charge in [-0.1, -0.05) is 30.3 Å². The van der Waals surface area contributed by atoms with Crippen molar-refractivity contribution in [3.8, 4) is 0 Å². The molecule has 22 heavy (non-hydrogen) atoms. The fourth-order valence-electron chi connectivity index (χ4n) is 2.42. The lowest BCUT2D eigenvalue weighted by Crippen LogP contribution is -2.37. The van der Waals surface area contributed by atoms with Crippen LogP contribution in [-0.2, 0) is 6.42 Å². The predicted octanol–water partition coefficient (Wildman–Crippen LogP) is 2.78. The predicted molar refractivity (Wildman–Crippen MR) is 86.2 cm³/mol. The van der Waals surface area contributed by atoms with E-state index in [1.165, 1.54) is 12.1 Å². The van der Waals surface area contributed by atoms with Crippen molar-refractivity contribution in [1.29, 1.82) is 0 Å². The van der Waals surface area contributed by atoms with Crippen molar-refractivity contribution in [3.05, 3.63) is 71.0 Å². The molecule has 0 aliphatic rings. The molecular weight excluding hydrogens is 279 g/mol. The molecule has 4 heteroatoms. The Kier molecular flexibility index (Phi) is 5.67. The second-order valence-electron chi connectivity index (χ2n) is 5.33. The Hall–Kier alpha value is -2.20. The Morgan fingerprint density at radius 2 is 1.86 bits per heavy atom. The van der Waals surface area contributed by atoms with E-state index in [0.717, 1.165) is 17.5 Å². The van der Waals surface area contributed by atoms with Crippen LogP contribution in [0, 0.1) is 12.7 Å². The zero-order valence-electron chi connectivity index (χ0n) is 12.8. The molecule has 0 aromatic heterocycles. The Labute approximate surface area is 130 Å². The van der Waals surface area contributed by atoms with Crippen LogP contribution >= 0.6 is 0 Å². The van der Waals surface area contributed by atoms with E-state index in [1.54, 1.807) is 17.9 Å². The zero-order valence-corrected chi connectivity index (χ0v) is 12.8. The van der Waals surface area contributed by atoms with Crippen LogP contribution in [0.1, 0.15) is 21.5 Å². The van der Waals surface area contributed by atoms with E-state index >= 15 is 0 Å². The summed E-state index contributed by atoms with van der Waals surface area (Å²) in [6.45, 7) is 3.18. The molecule has 0 unspecified atom stereocenters. The zero-order chi connectivity index (χ0) is 15.9. The maximum absolute atomic E-state index is 13.5. The standard InChI is InChI=1S/C18H21FN2O/c1-14-11-16(13-17(19)12-14)18(22)21(10-8-20)9-7-15-5-3-2-4-6-15/h2-6,11-13H,7-10,20H2,1H3. The average molecular weight is 300 g/mol. The first kappa shape index (κ1) is 16.2. The van der Waals surface area contributed by atoms with Gasteiger partial charge in [-0.25, -0.2) is 4.39 Å². The highest BCUT2D eigenvalue weighted by Crippen LogP contribution is 2.12. The molecular formula is C18H21FN2O. The average Bonchev–Trinajstić information content (AvgIpc) is 2.51. The topological polar surface area (TPSA) is 46.3 Å². The minimum atomic E-state index is -0.390. The highest BCUT2D eigenvalue weighted by Gasteiger charge is 2.16. The smallest absolute Gasteiger partial charge is 0.254 e. The summed E-state index contributed by atoms with van der Waals surface area (Å²) < 4.78 is 13.5. The van der Waals surface area contributed by atoms with Crippen molar-refractivity contribution in [2.75, 3.05) is 19.6 Å². The number of carbonyl (C=O) groups is 1. The Bertz CT molecular complexity index is 608. The van der Waals surface area contributed by atoms with Crippen LogP contribution in [0.2, 0.25) is 0 Å². The second kappa shape index (κ2) is 7.71. The van der Waals surface area contributed by atoms with Crippen LogP contribution in [0.15, 0.2) is 48.5 Å². The van der Waals surface area contributed by atoms with Crippen LogP contribution in [-0.4, -0.2) is 30.4 Å². The Balaban J connectivity index is 2.10. The first-order valence-electron chi connectivity index (χ1n) is 7.40. The number of aryl methyl sites for hydroxylation is 1. The third-order valence-corrected chi connectivity index (χ3v) is 3.49. The maximum atomic E-state index is 13.5. The number of hydrogen-bond acceptors (Lipinski definition) is 2. The van der Waals surface area contributed by atoms with Crippen LogP contribution in [0.25, 0.3) is 0 Å². The van der Waals surface area contributed by atoms with Crippen molar-refractivity contribution < 1.29 is 9.18 Å². The van der Waals surface area contributed by atoms with Crippen molar-refractivity contribution in [2.45, 2.75) is 13.3 Å². The summed E-state index contributed by atoms with van der Waals surface area (Å²) in [4.78, 5) is 14.2. The van der Waals surface area contributed by atoms with Gasteiger partial charge in [0, 0.05) is 25.2 Å². The van der Waals surface area contributed by atoms with Crippen LogP contribution < -0.4 is 5.73 Å². The van der Waals surface area contributed by atoms with Gasteiger partial charge in [0.25, 0.3) is 5.91 Å². The quantitative estimate of drug-likeness (QED) is 0.891. The Morgan fingerprint density at radius 3 is 2.50 bits per heavy atom. The molecule has 0 saturated carbocycles. The van der Waals surface area contributed by atoms with E-state index in [0.29, 0.717) is 25.2 Å². The Morgan fingerprint density at radius 1 is 1.14 bits per heavy atom. The maximum Gasteiger partial charge on any atom is 0.254 e. The molecule has 116 valence electrons. The summed E-state index contributed by atoms with van der Waals surface area (Å²) in [5.74, 6) is -0.567. The molecule has 0 saturated heterocycles. The van der Waals surface area contributed by atoms with Crippen LogP contribution in [0.4, 0.5) is 4.39 Å². The van der Waals surface area contributed by atoms with E-state index in [-0.39, 0.29) is 11.7 Å². The van der Waals surface area contributed by atoms with Gasteiger partial charge in [-0.15, -0.1) is 0 Å². The summed E-state index contributed by atoms with van der Waals surface area (Å²) in [5, 5.41) is 0. The molecule has 0 atom stereocenters. The molecule has 1 amide bonds. The third-order valence-electron chi connectivity index (χ3n) is 3.49. The van der Waals surface area contributed by atoms with E-state index in [9.17, 15) is 9.18 Å². The molecule has 0 aliphatic carbocycles. The second-order valence-corrected chi connectivity index (χ2v) is 5.33. The van der Waals surface area contributed by atoms with Crippen molar-refractivity contribution in [3.63, 3.8) is 0 Å². The van der Waals surface area contributed by atoms with E-state index < -0.39 is 0 Å². The van der Waals surface area contributed by atoms with Crippen LogP contribution in [0.5, 0.6) is 0 Å². The number of benzene rings is 2. The third kappa shape index (κ3) is 4.40. The fraction of sp³-hybridized carbons (Fsp3) is 0.278. The summed E-state index contributed by atoms with van der Waals surface area (Å²) in [6.07, 6.45) is 0.751. The van der Waals surface area contributed by atoms with Gasteiger partial charge in [-0.2, -0.15) is 0 Å². The number of rotatable bonds is 6. The minimum absolute atomic E-state index is 0.177. The lowest BCUT2D eigenvalue weighted by molar-refractivity contribution is 0.0761. The summed E-state index contributed by atoms with van der Waals surface area (Å²) in [7, 11) is 0. The number of nitrogens with zero attached hydrogens (tertiary/aromatic N) is 1. The van der Waals surface area contributed by atoms with Gasteiger partial charge >= 0.3 is 0 Å². The van der Waals surface area contributed by atoms with Gasteiger partial charge < -0.3 is 10.6 Å². The molecule has 2 aromatic carbocycles. The van der Waals surface area contributed by atoms with Gasteiger partial charge in [0.1, 0.15) is 5.82 Å².